The molecule has 1 aliphatic rings. The molecule has 1 heterocycles. The van der Waals surface area contributed by atoms with Crippen molar-refractivity contribution in [2.24, 2.45) is 0 Å². The van der Waals surface area contributed by atoms with Gasteiger partial charge in [0.25, 0.3) is 0 Å². The van der Waals surface area contributed by atoms with Gasteiger partial charge < -0.3 is 9.47 Å². The predicted octanol–water partition coefficient (Wildman–Crippen LogP) is 17.9. The molecule has 2 nitrogen and oxygen atoms in total. The lowest BCUT2D eigenvalue weighted by Gasteiger charge is -2.28. The van der Waals surface area contributed by atoms with Crippen LogP contribution in [0.25, 0.3) is 93.5 Å². The van der Waals surface area contributed by atoms with E-state index in [1.807, 2.05) is 0 Å². The molecule has 13 rings (SSSR count). The van der Waals surface area contributed by atoms with Crippen LogP contribution in [-0.4, -0.2) is 4.57 Å². The first kappa shape index (κ1) is 39.0. The normalized spacial score (nSPS) is 12.7. The average molecular weight is 855 g/mol. The Morgan fingerprint density at radius 2 is 0.746 bits per heavy atom. The van der Waals surface area contributed by atoms with Gasteiger partial charge in [-0.15, -0.1) is 0 Å². The van der Waals surface area contributed by atoms with Crippen LogP contribution < -0.4 is 4.90 Å². The van der Waals surface area contributed by atoms with Crippen molar-refractivity contribution in [3.63, 3.8) is 0 Å². The fourth-order valence-electron chi connectivity index (χ4n) is 11.2. The summed E-state index contributed by atoms with van der Waals surface area (Å²) in [5.74, 6) is 0. The molecule has 0 spiro atoms. The summed E-state index contributed by atoms with van der Waals surface area (Å²) in [5, 5.41) is 7.57. The zero-order chi connectivity index (χ0) is 44.6. The molecule has 316 valence electrons. The van der Waals surface area contributed by atoms with Crippen molar-refractivity contribution in [1.29, 1.82) is 0 Å². The van der Waals surface area contributed by atoms with Crippen LogP contribution in [0.3, 0.4) is 0 Å². The lowest BCUT2D eigenvalue weighted by atomic mass is 9.81. The van der Waals surface area contributed by atoms with Gasteiger partial charge in [0.15, 0.2) is 0 Å². The van der Waals surface area contributed by atoms with Crippen molar-refractivity contribution in [1.82, 2.24) is 4.57 Å². The molecular weight excluding hydrogens is 809 g/mol. The Bertz CT molecular complexity index is 3810. The highest BCUT2D eigenvalue weighted by Crippen LogP contribution is 2.52. The number of fused-ring (bicyclic) bond motifs is 8. The molecule has 0 bridgehead atoms. The summed E-state index contributed by atoms with van der Waals surface area (Å²) in [6.07, 6.45) is 0. The van der Waals surface area contributed by atoms with Gasteiger partial charge >= 0.3 is 0 Å². The highest BCUT2D eigenvalue weighted by molar-refractivity contribution is 6.21. The molecule has 0 aliphatic heterocycles. The number of benzene rings is 11. The molecule has 67 heavy (non-hydrogen) atoms. The second-order valence-electron chi connectivity index (χ2n) is 18.5. The first-order valence-corrected chi connectivity index (χ1v) is 23.3. The Balaban J connectivity index is 0.886. The van der Waals surface area contributed by atoms with Crippen molar-refractivity contribution in [3.05, 3.63) is 254 Å². The molecule has 0 amide bonds. The number of rotatable bonds is 7. The van der Waals surface area contributed by atoms with Gasteiger partial charge in [0.2, 0.25) is 0 Å². The quantitative estimate of drug-likeness (QED) is 0.145. The van der Waals surface area contributed by atoms with Gasteiger partial charge in [-0.25, -0.2) is 0 Å². The maximum atomic E-state index is 2.44. The van der Waals surface area contributed by atoms with Crippen LogP contribution in [0.4, 0.5) is 17.1 Å². The Morgan fingerprint density at radius 1 is 0.313 bits per heavy atom. The highest BCUT2D eigenvalue weighted by Gasteiger charge is 2.36. The van der Waals surface area contributed by atoms with Crippen LogP contribution in [-0.2, 0) is 5.41 Å². The number of aromatic nitrogens is 1. The van der Waals surface area contributed by atoms with Gasteiger partial charge in [-0.2, -0.15) is 0 Å². The summed E-state index contributed by atoms with van der Waals surface area (Å²) >= 11 is 0. The molecule has 11 aromatic carbocycles. The van der Waals surface area contributed by atoms with Crippen molar-refractivity contribution in [2.75, 3.05) is 4.90 Å². The van der Waals surface area contributed by atoms with Gasteiger partial charge in [0.1, 0.15) is 0 Å². The van der Waals surface area contributed by atoms with E-state index in [-0.39, 0.29) is 5.41 Å². The molecule has 0 fully saturated rings. The van der Waals surface area contributed by atoms with Crippen molar-refractivity contribution in [3.8, 4) is 50.2 Å². The molecule has 0 radical (unpaired) electrons. The number of hydrogen-bond acceptors (Lipinski definition) is 1. The Labute approximate surface area is 391 Å². The fourth-order valence-corrected chi connectivity index (χ4v) is 11.2. The topological polar surface area (TPSA) is 8.17 Å². The van der Waals surface area contributed by atoms with E-state index < -0.39 is 0 Å². The lowest BCUT2D eigenvalue weighted by molar-refractivity contribution is 0.660. The molecular formula is C65H46N2. The van der Waals surface area contributed by atoms with E-state index in [2.05, 4.69) is 266 Å². The predicted molar refractivity (Wildman–Crippen MR) is 284 cm³/mol. The maximum absolute atomic E-state index is 2.44. The molecule has 1 aliphatic carbocycles. The Hall–Kier alpha value is -8.46. The van der Waals surface area contributed by atoms with Crippen LogP contribution in [0, 0.1) is 0 Å². The summed E-state index contributed by atoms with van der Waals surface area (Å²) in [6.45, 7) is 4.78. The molecule has 0 saturated heterocycles. The van der Waals surface area contributed by atoms with Gasteiger partial charge in [0, 0.05) is 38.9 Å². The molecule has 0 N–H and O–H groups in total. The van der Waals surface area contributed by atoms with E-state index in [1.165, 1.54) is 105 Å². The van der Waals surface area contributed by atoms with Crippen molar-refractivity contribution < 1.29 is 0 Å². The maximum Gasteiger partial charge on any atom is 0.0541 e. The third kappa shape index (κ3) is 6.18. The molecule has 0 atom stereocenters. The van der Waals surface area contributed by atoms with Crippen molar-refractivity contribution >= 4 is 60.4 Å². The smallest absolute Gasteiger partial charge is 0.0541 e. The van der Waals surface area contributed by atoms with Gasteiger partial charge in [0.05, 0.1) is 11.0 Å². The van der Waals surface area contributed by atoms with E-state index >= 15 is 0 Å². The summed E-state index contributed by atoms with van der Waals surface area (Å²) in [4.78, 5) is 2.41. The highest BCUT2D eigenvalue weighted by atomic mass is 15.1. The van der Waals surface area contributed by atoms with Crippen molar-refractivity contribution in [2.45, 2.75) is 19.3 Å². The van der Waals surface area contributed by atoms with E-state index in [0.29, 0.717) is 0 Å². The van der Waals surface area contributed by atoms with Gasteiger partial charge in [-0.1, -0.05) is 184 Å². The first-order valence-electron chi connectivity index (χ1n) is 23.3. The second kappa shape index (κ2) is 15.3. The minimum atomic E-state index is -0.218. The monoisotopic (exact) mass is 854 g/mol. The van der Waals surface area contributed by atoms with Crippen LogP contribution in [0.15, 0.2) is 243 Å². The number of para-hydroxylation sites is 3. The minimum absolute atomic E-state index is 0.218. The Kier molecular flexibility index (Phi) is 8.91. The van der Waals surface area contributed by atoms with E-state index in [9.17, 15) is 0 Å². The van der Waals surface area contributed by atoms with E-state index in [1.54, 1.807) is 0 Å². The number of anilines is 3. The molecule has 0 saturated carbocycles. The fraction of sp³-hybridized carbons (Fsp3) is 0.0462. The van der Waals surface area contributed by atoms with Gasteiger partial charge in [-0.05, 0) is 150 Å². The largest absolute Gasteiger partial charge is 0.310 e. The van der Waals surface area contributed by atoms with Crippen LogP contribution >= 0.6 is 0 Å². The summed E-state index contributed by atoms with van der Waals surface area (Å²) < 4.78 is 2.38. The second-order valence-corrected chi connectivity index (χ2v) is 18.5. The summed E-state index contributed by atoms with van der Waals surface area (Å²) in [7, 11) is 0. The average Bonchev–Trinajstić information content (AvgIpc) is 3.83. The van der Waals surface area contributed by atoms with Crippen LogP contribution in [0.1, 0.15) is 25.0 Å². The zero-order valence-electron chi connectivity index (χ0n) is 37.5. The Morgan fingerprint density at radius 3 is 1.39 bits per heavy atom. The third-order valence-electron chi connectivity index (χ3n) is 14.4. The SMILES string of the molecule is CC1(C)c2cc(-c3ccc4c(c3)c3ccccc3n4-c3ccccc3)ccc2-c2ccc(N(c3ccccc3)c3ccc(-c4c5ccccc5c(-c5ccccc5)c5ccccc45)cc3)cc21. The molecule has 0 unspecified atom stereocenters. The van der Waals surface area contributed by atoms with E-state index in [4.69, 9.17) is 0 Å². The number of hydrogen-bond donors (Lipinski definition) is 0. The molecule has 2 heteroatoms. The summed E-state index contributed by atoms with van der Waals surface area (Å²) in [6, 6.07) is 89.2. The summed E-state index contributed by atoms with van der Waals surface area (Å²) in [5.41, 5.74) is 19.5. The number of nitrogens with zero attached hydrogens (tertiary/aromatic N) is 2. The molecule has 1 aromatic heterocycles. The van der Waals surface area contributed by atoms with E-state index in [0.717, 1.165) is 17.1 Å². The van der Waals surface area contributed by atoms with Gasteiger partial charge in [-0.3, -0.25) is 0 Å². The zero-order valence-corrected chi connectivity index (χ0v) is 37.5. The minimum Gasteiger partial charge on any atom is -0.310 e. The first-order chi connectivity index (χ1) is 33.0. The molecule has 12 aromatic rings. The standard InChI is InChI=1S/C65H46N2/c1-65(2)59-41-46(45-33-39-62-58(40-45)53-24-16-17-29-61(53)67(62)48-22-10-5-11-23-48)32-37-51(59)52-38-36-50(42-60(52)65)66(47-20-8-4-9-21-47)49-34-30-44(31-35-49)64-56-27-14-12-25-54(56)63(43-18-6-3-7-19-43)55-26-13-15-28-57(55)64/h3-42H,1-2H3. The van der Waals surface area contributed by atoms with Crippen LogP contribution in [0.5, 0.6) is 0 Å². The third-order valence-corrected chi connectivity index (χ3v) is 14.4. The van der Waals surface area contributed by atoms with Crippen LogP contribution in [0.2, 0.25) is 0 Å². The lowest BCUT2D eigenvalue weighted by Crippen LogP contribution is -2.16.